The standard InChI is InChI=1S/C17H14BrClN4O3/c1-25-10-6-11(26-2)13(19)15(12(10)18)23-17(24)9-5-3-4-8-14(9)21-7-22-16(8)20/h3-7H,1-2H3,(H,23,24)(H2,20,21,22). The molecule has 0 fully saturated rings. The minimum Gasteiger partial charge on any atom is -0.495 e. The molecule has 0 aliphatic carbocycles. The van der Waals surface area contributed by atoms with Gasteiger partial charge in [-0.3, -0.25) is 4.79 Å². The molecule has 1 heterocycles. The first-order valence-corrected chi connectivity index (χ1v) is 8.55. The Bertz CT molecular complexity index is 985. The summed E-state index contributed by atoms with van der Waals surface area (Å²) in [5.41, 5.74) is 6.96. The van der Waals surface area contributed by atoms with Crippen molar-refractivity contribution in [2.24, 2.45) is 0 Å². The third kappa shape index (κ3) is 3.13. The highest BCUT2D eigenvalue weighted by atomic mass is 79.9. The average Bonchev–Trinajstić information content (AvgIpc) is 2.65. The molecule has 0 spiro atoms. The van der Waals surface area contributed by atoms with Gasteiger partial charge in [-0.25, -0.2) is 9.97 Å². The van der Waals surface area contributed by atoms with E-state index in [0.29, 0.717) is 43.9 Å². The number of rotatable bonds is 4. The number of nitrogen functional groups attached to an aromatic ring is 1. The number of halogens is 2. The van der Waals surface area contributed by atoms with E-state index in [0.717, 1.165) is 0 Å². The molecule has 7 nitrogen and oxygen atoms in total. The van der Waals surface area contributed by atoms with Crippen molar-refractivity contribution >= 4 is 55.8 Å². The Balaban J connectivity index is 2.08. The summed E-state index contributed by atoms with van der Waals surface area (Å²) < 4.78 is 11.0. The van der Waals surface area contributed by atoms with Crippen molar-refractivity contribution < 1.29 is 14.3 Å². The largest absolute Gasteiger partial charge is 0.495 e. The maximum absolute atomic E-state index is 12.9. The van der Waals surface area contributed by atoms with Crippen LogP contribution in [0.25, 0.3) is 10.9 Å². The van der Waals surface area contributed by atoms with E-state index >= 15 is 0 Å². The molecule has 2 aromatic carbocycles. The van der Waals surface area contributed by atoms with Crippen LogP contribution in [0.2, 0.25) is 5.02 Å². The second-order valence-corrected chi connectivity index (χ2v) is 6.37. The third-order valence-corrected chi connectivity index (χ3v) is 4.91. The van der Waals surface area contributed by atoms with E-state index in [1.807, 2.05) is 0 Å². The molecule has 0 radical (unpaired) electrons. The number of aromatic nitrogens is 2. The first-order chi connectivity index (χ1) is 12.5. The van der Waals surface area contributed by atoms with Crippen LogP contribution in [0.3, 0.4) is 0 Å². The van der Waals surface area contributed by atoms with Gasteiger partial charge in [0.15, 0.2) is 0 Å². The number of methoxy groups -OCH3 is 2. The number of hydrogen-bond acceptors (Lipinski definition) is 6. The maximum atomic E-state index is 12.9. The normalized spacial score (nSPS) is 10.6. The number of anilines is 2. The Morgan fingerprint density at radius 1 is 1.23 bits per heavy atom. The van der Waals surface area contributed by atoms with Crippen LogP contribution in [0.1, 0.15) is 10.4 Å². The average molecular weight is 438 g/mol. The molecule has 0 saturated heterocycles. The molecule has 3 aromatic rings. The van der Waals surface area contributed by atoms with Gasteiger partial charge in [0.05, 0.1) is 35.5 Å². The molecular formula is C17H14BrClN4O3. The molecule has 0 aliphatic rings. The molecule has 134 valence electrons. The summed E-state index contributed by atoms with van der Waals surface area (Å²) in [6.45, 7) is 0. The van der Waals surface area contributed by atoms with Crippen molar-refractivity contribution in [3.8, 4) is 11.5 Å². The van der Waals surface area contributed by atoms with Gasteiger partial charge in [-0.05, 0) is 28.1 Å². The van der Waals surface area contributed by atoms with Gasteiger partial charge < -0.3 is 20.5 Å². The second-order valence-electron chi connectivity index (χ2n) is 5.20. The number of nitrogens with zero attached hydrogens (tertiary/aromatic N) is 2. The zero-order chi connectivity index (χ0) is 18.8. The van der Waals surface area contributed by atoms with Gasteiger partial charge in [0.1, 0.15) is 28.7 Å². The molecule has 1 amide bonds. The van der Waals surface area contributed by atoms with Gasteiger partial charge in [-0.2, -0.15) is 0 Å². The summed E-state index contributed by atoms with van der Waals surface area (Å²) in [5.74, 6) is 0.719. The highest BCUT2D eigenvalue weighted by Gasteiger charge is 2.20. The summed E-state index contributed by atoms with van der Waals surface area (Å²) >= 11 is 9.74. The van der Waals surface area contributed by atoms with E-state index in [-0.39, 0.29) is 5.02 Å². The smallest absolute Gasteiger partial charge is 0.257 e. The minimum absolute atomic E-state index is 0.239. The maximum Gasteiger partial charge on any atom is 0.257 e. The van der Waals surface area contributed by atoms with Gasteiger partial charge in [-0.15, -0.1) is 0 Å². The van der Waals surface area contributed by atoms with Crippen molar-refractivity contribution in [2.45, 2.75) is 0 Å². The molecule has 3 rings (SSSR count). The highest BCUT2D eigenvalue weighted by molar-refractivity contribution is 9.10. The van der Waals surface area contributed by atoms with Crippen molar-refractivity contribution in [3.63, 3.8) is 0 Å². The SMILES string of the molecule is COc1cc(OC)c(Br)c(NC(=O)c2cccc3c(N)ncnc23)c1Cl. The van der Waals surface area contributed by atoms with Crippen molar-refractivity contribution in [3.05, 3.63) is 45.7 Å². The number of nitrogens with two attached hydrogens (primary N) is 1. The lowest BCUT2D eigenvalue weighted by atomic mass is 10.1. The van der Waals surface area contributed by atoms with E-state index in [4.69, 9.17) is 26.8 Å². The van der Waals surface area contributed by atoms with Gasteiger partial charge in [0, 0.05) is 11.5 Å². The van der Waals surface area contributed by atoms with E-state index in [2.05, 4.69) is 31.2 Å². The van der Waals surface area contributed by atoms with Crippen molar-refractivity contribution in [1.82, 2.24) is 9.97 Å². The number of benzene rings is 2. The summed E-state index contributed by atoms with van der Waals surface area (Å²) in [4.78, 5) is 21.0. The first kappa shape index (κ1) is 18.2. The molecule has 0 atom stereocenters. The van der Waals surface area contributed by atoms with Crippen molar-refractivity contribution in [2.75, 3.05) is 25.3 Å². The Morgan fingerprint density at radius 2 is 1.96 bits per heavy atom. The monoisotopic (exact) mass is 436 g/mol. The van der Waals surface area contributed by atoms with Crippen LogP contribution in [-0.4, -0.2) is 30.1 Å². The minimum atomic E-state index is -0.411. The lowest BCUT2D eigenvalue weighted by Gasteiger charge is -2.16. The lowest BCUT2D eigenvalue weighted by Crippen LogP contribution is -2.14. The predicted octanol–water partition coefficient (Wildman–Crippen LogP) is 3.90. The summed E-state index contributed by atoms with van der Waals surface area (Å²) in [5, 5.41) is 3.61. The highest BCUT2D eigenvalue weighted by Crippen LogP contribution is 2.44. The molecule has 26 heavy (non-hydrogen) atoms. The molecule has 0 saturated carbocycles. The van der Waals surface area contributed by atoms with Gasteiger partial charge >= 0.3 is 0 Å². The number of carbonyl (C=O) groups excluding carboxylic acids is 1. The third-order valence-electron chi connectivity index (χ3n) is 3.75. The molecule has 0 unspecified atom stereocenters. The molecular weight excluding hydrogens is 424 g/mol. The van der Waals surface area contributed by atoms with Crippen LogP contribution in [0.4, 0.5) is 11.5 Å². The zero-order valence-electron chi connectivity index (χ0n) is 13.8. The lowest BCUT2D eigenvalue weighted by molar-refractivity contribution is 0.102. The summed E-state index contributed by atoms with van der Waals surface area (Å²) in [7, 11) is 2.98. The zero-order valence-corrected chi connectivity index (χ0v) is 16.2. The first-order valence-electron chi connectivity index (χ1n) is 7.38. The van der Waals surface area contributed by atoms with Gasteiger partial charge in [0.25, 0.3) is 5.91 Å². The Morgan fingerprint density at radius 3 is 2.65 bits per heavy atom. The number of ether oxygens (including phenoxy) is 2. The molecule has 1 aromatic heterocycles. The fraction of sp³-hybridized carbons (Fsp3) is 0.118. The topological polar surface area (TPSA) is 99.4 Å². The van der Waals surface area contributed by atoms with E-state index in [1.54, 1.807) is 24.3 Å². The van der Waals surface area contributed by atoms with Crippen LogP contribution in [0, 0.1) is 0 Å². The Labute approximate surface area is 162 Å². The van der Waals surface area contributed by atoms with Crippen LogP contribution in [0.5, 0.6) is 11.5 Å². The Hall–Kier alpha value is -2.58. The van der Waals surface area contributed by atoms with Crippen LogP contribution in [0.15, 0.2) is 35.1 Å². The number of hydrogen-bond donors (Lipinski definition) is 2. The molecule has 0 bridgehead atoms. The number of para-hydroxylation sites is 1. The second kappa shape index (κ2) is 7.35. The van der Waals surface area contributed by atoms with Crippen LogP contribution >= 0.6 is 27.5 Å². The van der Waals surface area contributed by atoms with E-state index < -0.39 is 5.91 Å². The molecule has 9 heteroatoms. The van der Waals surface area contributed by atoms with Gasteiger partial charge in [0.2, 0.25) is 0 Å². The number of fused-ring (bicyclic) bond motifs is 1. The predicted molar refractivity (Wildman–Crippen MR) is 104 cm³/mol. The summed E-state index contributed by atoms with van der Waals surface area (Å²) in [6.07, 6.45) is 1.31. The molecule has 0 aliphatic heterocycles. The molecule has 3 N–H and O–H groups in total. The number of amides is 1. The fourth-order valence-corrected chi connectivity index (χ4v) is 3.43. The summed E-state index contributed by atoms with van der Waals surface area (Å²) in [6, 6.07) is 6.72. The fourth-order valence-electron chi connectivity index (χ4n) is 2.47. The quantitative estimate of drug-likeness (QED) is 0.642. The van der Waals surface area contributed by atoms with Crippen molar-refractivity contribution in [1.29, 1.82) is 0 Å². The van der Waals surface area contributed by atoms with E-state index in [9.17, 15) is 4.79 Å². The van der Waals surface area contributed by atoms with Gasteiger partial charge in [-0.1, -0.05) is 17.7 Å². The number of nitrogens with one attached hydrogen (secondary N) is 1. The number of carbonyl (C=O) groups is 1. The van der Waals surface area contributed by atoms with E-state index in [1.165, 1.54) is 20.5 Å². The Kier molecular flexibility index (Phi) is 5.15. The van der Waals surface area contributed by atoms with Crippen LogP contribution in [-0.2, 0) is 0 Å². The van der Waals surface area contributed by atoms with Crippen LogP contribution < -0.4 is 20.5 Å².